The molecule has 0 unspecified atom stereocenters. The lowest BCUT2D eigenvalue weighted by atomic mass is 10.4. The zero-order valence-electron chi connectivity index (χ0n) is 10.2. The van der Waals surface area contributed by atoms with Gasteiger partial charge < -0.3 is 4.52 Å². The third-order valence-electron chi connectivity index (χ3n) is 2.08. The zero-order valence-corrected chi connectivity index (χ0v) is 12.7. The second kappa shape index (κ2) is 7.85. The first-order chi connectivity index (χ1) is 8.88. The van der Waals surface area contributed by atoms with E-state index in [9.17, 15) is 0 Å². The Hall–Kier alpha value is -0.470. The van der Waals surface area contributed by atoms with Crippen LogP contribution in [-0.4, -0.2) is 6.61 Å². The Labute approximate surface area is 118 Å². The molecular formula is C14H15OPS2. The molecule has 0 bridgehead atoms. The molecule has 0 aliphatic heterocycles. The van der Waals surface area contributed by atoms with Gasteiger partial charge in [-0.15, -0.1) is 0 Å². The highest BCUT2D eigenvalue weighted by molar-refractivity contribution is 8.86. The molecule has 18 heavy (non-hydrogen) atoms. The van der Waals surface area contributed by atoms with Crippen LogP contribution in [0.1, 0.15) is 6.92 Å². The normalized spacial score (nSPS) is 10.8. The molecule has 0 aromatic heterocycles. The van der Waals surface area contributed by atoms with E-state index in [0.29, 0.717) is 0 Å². The van der Waals surface area contributed by atoms with Gasteiger partial charge in [0.2, 0.25) is 0 Å². The standard InChI is InChI=1S/C14H15OPS2/c1-2-15-16(17-13-9-5-3-6-10-13)18-14-11-7-4-8-12-14/h3-12H,2H2,1H3. The van der Waals surface area contributed by atoms with E-state index in [2.05, 4.69) is 48.5 Å². The molecule has 4 heteroatoms. The Morgan fingerprint density at radius 1 is 0.833 bits per heavy atom. The minimum absolute atomic E-state index is 0.580. The van der Waals surface area contributed by atoms with E-state index in [1.54, 1.807) is 0 Å². The molecule has 94 valence electrons. The maximum atomic E-state index is 5.84. The van der Waals surface area contributed by atoms with Crippen molar-refractivity contribution in [2.75, 3.05) is 6.61 Å². The van der Waals surface area contributed by atoms with Crippen LogP contribution in [-0.2, 0) is 4.52 Å². The Morgan fingerprint density at radius 3 is 1.67 bits per heavy atom. The number of hydrogen-bond acceptors (Lipinski definition) is 3. The molecule has 0 radical (unpaired) electrons. The maximum Gasteiger partial charge on any atom is 0.161 e. The fourth-order valence-electron chi connectivity index (χ4n) is 1.31. The summed E-state index contributed by atoms with van der Waals surface area (Å²) in [5.41, 5.74) is 0. The maximum absolute atomic E-state index is 5.84. The zero-order chi connectivity index (χ0) is 12.6. The van der Waals surface area contributed by atoms with E-state index >= 15 is 0 Å². The summed E-state index contributed by atoms with van der Waals surface area (Å²) in [7, 11) is 0. The molecule has 0 spiro atoms. The molecule has 0 atom stereocenters. The highest BCUT2D eigenvalue weighted by atomic mass is 33.1. The number of hydrogen-bond donors (Lipinski definition) is 0. The Morgan fingerprint density at radius 2 is 1.28 bits per heavy atom. The van der Waals surface area contributed by atoms with Gasteiger partial charge in [-0.1, -0.05) is 59.2 Å². The molecular weight excluding hydrogens is 279 g/mol. The highest BCUT2D eigenvalue weighted by Gasteiger charge is 2.12. The van der Waals surface area contributed by atoms with Crippen molar-refractivity contribution >= 4 is 29.3 Å². The van der Waals surface area contributed by atoms with Crippen molar-refractivity contribution in [3.63, 3.8) is 0 Å². The summed E-state index contributed by atoms with van der Waals surface area (Å²) in [5.74, 6) is 0. The molecule has 0 amide bonds. The summed E-state index contributed by atoms with van der Waals surface area (Å²) in [6, 6.07) is 20.9. The largest absolute Gasteiger partial charge is 0.339 e. The van der Waals surface area contributed by atoms with Crippen LogP contribution in [0.15, 0.2) is 70.5 Å². The second-order valence-electron chi connectivity index (χ2n) is 3.45. The fraction of sp³-hybridized carbons (Fsp3) is 0.143. The summed E-state index contributed by atoms with van der Waals surface area (Å²) in [6.45, 7) is 2.22. The first-order valence-electron chi connectivity index (χ1n) is 5.77. The van der Waals surface area contributed by atoms with Crippen molar-refractivity contribution in [2.45, 2.75) is 16.7 Å². The van der Waals surface area contributed by atoms with Crippen LogP contribution in [0.5, 0.6) is 0 Å². The van der Waals surface area contributed by atoms with E-state index < -0.39 is 6.55 Å². The van der Waals surface area contributed by atoms with E-state index in [-0.39, 0.29) is 0 Å². The summed E-state index contributed by atoms with van der Waals surface area (Å²) in [6.07, 6.45) is 0. The third-order valence-corrected chi connectivity index (χ3v) is 7.95. The van der Waals surface area contributed by atoms with Crippen LogP contribution in [0.3, 0.4) is 0 Å². The molecule has 0 aliphatic rings. The Balaban J connectivity index is 2.00. The van der Waals surface area contributed by atoms with Gasteiger partial charge in [-0.2, -0.15) is 0 Å². The predicted octanol–water partition coefficient (Wildman–Crippen LogP) is 5.83. The summed E-state index contributed by atoms with van der Waals surface area (Å²) < 4.78 is 5.84. The first kappa shape index (κ1) is 14.0. The molecule has 2 aromatic rings. The van der Waals surface area contributed by atoms with Gasteiger partial charge in [-0.3, -0.25) is 0 Å². The van der Waals surface area contributed by atoms with Crippen molar-refractivity contribution in [3.8, 4) is 0 Å². The summed E-state index contributed by atoms with van der Waals surface area (Å²) >= 11 is 3.63. The molecule has 1 nitrogen and oxygen atoms in total. The first-order valence-corrected chi connectivity index (χ1v) is 9.88. The van der Waals surface area contributed by atoms with Gasteiger partial charge in [-0.25, -0.2) is 0 Å². The molecule has 0 saturated carbocycles. The molecule has 0 N–H and O–H groups in total. The Bertz CT molecular complexity index is 408. The average molecular weight is 294 g/mol. The third kappa shape index (κ3) is 4.66. The summed E-state index contributed by atoms with van der Waals surface area (Å²) in [5, 5.41) is 0. The van der Waals surface area contributed by atoms with Gasteiger partial charge in [0, 0.05) is 9.79 Å². The van der Waals surface area contributed by atoms with Crippen LogP contribution in [0, 0.1) is 0 Å². The van der Waals surface area contributed by atoms with Crippen LogP contribution in [0.25, 0.3) is 0 Å². The molecule has 0 saturated heterocycles. The number of benzene rings is 2. The van der Waals surface area contributed by atoms with Crippen molar-refractivity contribution in [1.29, 1.82) is 0 Å². The van der Waals surface area contributed by atoms with Crippen LogP contribution < -0.4 is 0 Å². The minimum atomic E-state index is -0.580. The van der Waals surface area contributed by atoms with Gasteiger partial charge in [0.1, 0.15) is 0 Å². The van der Waals surface area contributed by atoms with Crippen LogP contribution in [0.2, 0.25) is 0 Å². The van der Waals surface area contributed by atoms with Crippen molar-refractivity contribution in [2.24, 2.45) is 0 Å². The fourth-order valence-corrected chi connectivity index (χ4v) is 7.28. The molecule has 2 rings (SSSR count). The molecule has 0 heterocycles. The topological polar surface area (TPSA) is 9.23 Å². The minimum Gasteiger partial charge on any atom is -0.339 e. The van der Waals surface area contributed by atoms with E-state index in [4.69, 9.17) is 4.52 Å². The van der Waals surface area contributed by atoms with E-state index in [1.807, 2.05) is 41.8 Å². The van der Waals surface area contributed by atoms with Gasteiger partial charge >= 0.3 is 0 Å². The highest BCUT2D eigenvalue weighted by Crippen LogP contribution is 2.66. The van der Waals surface area contributed by atoms with Crippen molar-refractivity contribution in [3.05, 3.63) is 60.7 Å². The monoisotopic (exact) mass is 294 g/mol. The van der Waals surface area contributed by atoms with Gasteiger partial charge in [0.15, 0.2) is 6.55 Å². The molecule has 2 aromatic carbocycles. The van der Waals surface area contributed by atoms with Crippen molar-refractivity contribution < 1.29 is 4.52 Å². The van der Waals surface area contributed by atoms with Gasteiger partial charge in [0.05, 0.1) is 6.61 Å². The Kier molecular flexibility index (Phi) is 6.09. The quantitative estimate of drug-likeness (QED) is 0.620. The van der Waals surface area contributed by atoms with Gasteiger partial charge in [0.25, 0.3) is 0 Å². The summed E-state index contributed by atoms with van der Waals surface area (Å²) in [4.78, 5) is 2.53. The second-order valence-corrected chi connectivity index (χ2v) is 9.24. The van der Waals surface area contributed by atoms with E-state index in [0.717, 1.165) is 6.61 Å². The SMILES string of the molecule is CCOP(Sc1ccccc1)Sc1ccccc1. The van der Waals surface area contributed by atoms with Crippen LogP contribution >= 0.6 is 29.3 Å². The van der Waals surface area contributed by atoms with Gasteiger partial charge in [-0.05, 0) is 31.2 Å². The lowest BCUT2D eigenvalue weighted by Gasteiger charge is -2.14. The smallest absolute Gasteiger partial charge is 0.161 e. The molecule has 0 fully saturated rings. The van der Waals surface area contributed by atoms with E-state index in [1.165, 1.54) is 9.79 Å². The predicted molar refractivity (Wildman–Crippen MR) is 83.1 cm³/mol. The number of rotatable bonds is 6. The lowest BCUT2D eigenvalue weighted by molar-refractivity contribution is 0.394. The van der Waals surface area contributed by atoms with Crippen LogP contribution in [0.4, 0.5) is 0 Å². The van der Waals surface area contributed by atoms with Crippen molar-refractivity contribution in [1.82, 2.24) is 0 Å². The molecule has 0 aliphatic carbocycles. The average Bonchev–Trinajstić information content (AvgIpc) is 2.41. The lowest BCUT2D eigenvalue weighted by Crippen LogP contribution is -1.79.